The van der Waals surface area contributed by atoms with Gasteiger partial charge in [0.2, 0.25) is 0 Å². The van der Waals surface area contributed by atoms with E-state index in [1.807, 2.05) is 17.0 Å². The minimum Gasteiger partial charge on any atom is -0.307 e. The monoisotopic (exact) mass is 316 g/mol. The van der Waals surface area contributed by atoms with Gasteiger partial charge in [-0.05, 0) is 13.3 Å². The Balaban J connectivity index is 1.49. The minimum atomic E-state index is -0.0113. The fourth-order valence-electron chi connectivity index (χ4n) is 2.84. The van der Waals surface area contributed by atoms with Gasteiger partial charge in [0.15, 0.2) is 4.96 Å². The van der Waals surface area contributed by atoms with E-state index >= 15 is 0 Å². The summed E-state index contributed by atoms with van der Waals surface area (Å²) in [6.07, 6.45) is 3.56. The Kier molecular flexibility index (Phi) is 3.27. The van der Waals surface area contributed by atoms with E-state index in [1.165, 1.54) is 11.3 Å². The second-order valence-electron chi connectivity index (χ2n) is 5.56. The van der Waals surface area contributed by atoms with Crippen LogP contribution >= 0.6 is 11.3 Å². The number of aromatic nitrogens is 5. The van der Waals surface area contributed by atoms with Crippen molar-refractivity contribution in [1.29, 1.82) is 0 Å². The second-order valence-corrected chi connectivity index (χ2v) is 6.39. The fourth-order valence-corrected chi connectivity index (χ4v) is 3.74. The fraction of sp³-hybridized carbons (Fsp3) is 0.429. The summed E-state index contributed by atoms with van der Waals surface area (Å²) in [5, 5.41) is 9.64. The molecule has 7 nitrogen and oxygen atoms in total. The van der Waals surface area contributed by atoms with E-state index in [1.54, 1.807) is 16.8 Å². The molecule has 0 radical (unpaired) electrons. The number of fused-ring (bicyclic) bond motifs is 2. The quantitative estimate of drug-likeness (QED) is 0.772. The molecular weight excluding hydrogens is 300 g/mol. The molecule has 1 aliphatic heterocycles. The standard InChI is InChI=1S/C14H16N6OS/c1-9-7-22-14-18-11(4-13(21)20(9)14)5-15-10-2-3-12-16-8-17-19(12)6-10/h4,7-8,10,15H,2-3,5-6H2,1H3/t10-/m1/s1. The van der Waals surface area contributed by atoms with Gasteiger partial charge < -0.3 is 5.32 Å². The third-order valence-electron chi connectivity index (χ3n) is 4.01. The molecule has 0 unspecified atom stereocenters. The topological polar surface area (TPSA) is 77.1 Å². The van der Waals surface area contributed by atoms with E-state index < -0.39 is 0 Å². The van der Waals surface area contributed by atoms with Gasteiger partial charge in [0, 0.05) is 36.1 Å². The van der Waals surface area contributed by atoms with Gasteiger partial charge in [-0.2, -0.15) is 5.10 Å². The second kappa shape index (κ2) is 5.29. The molecule has 4 heterocycles. The van der Waals surface area contributed by atoms with Gasteiger partial charge in [-0.1, -0.05) is 0 Å². The van der Waals surface area contributed by atoms with Crippen LogP contribution in [0.2, 0.25) is 0 Å². The highest BCUT2D eigenvalue weighted by molar-refractivity contribution is 7.15. The summed E-state index contributed by atoms with van der Waals surface area (Å²) in [4.78, 5) is 21.7. The molecule has 22 heavy (non-hydrogen) atoms. The average Bonchev–Trinajstić information content (AvgIpc) is 3.11. The van der Waals surface area contributed by atoms with Gasteiger partial charge >= 0.3 is 0 Å². The lowest BCUT2D eigenvalue weighted by Crippen LogP contribution is -2.37. The predicted octanol–water partition coefficient (Wildman–Crippen LogP) is 0.761. The van der Waals surface area contributed by atoms with Crippen LogP contribution in [0.3, 0.4) is 0 Å². The average molecular weight is 316 g/mol. The molecule has 3 aromatic rings. The molecule has 0 saturated heterocycles. The molecule has 0 amide bonds. The lowest BCUT2D eigenvalue weighted by molar-refractivity contribution is 0.357. The Morgan fingerprint density at radius 1 is 1.50 bits per heavy atom. The van der Waals surface area contributed by atoms with Gasteiger partial charge in [0.1, 0.15) is 12.2 Å². The van der Waals surface area contributed by atoms with Gasteiger partial charge in [-0.15, -0.1) is 11.3 Å². The number of hydrogen-bond donors (Lipinski definition) is 1. The van der Waals surface area contributed by atoms with Crippen molar-refractivity contribution in [1.82, 2.24) is 29.5 Å². The van der Waals surface area contributed by atoms with Crippen LogP contribution in [0.1, 0.15) is 23.6 Å². The molecule has 0 aliphatic carbocycles. The van der Waals surface area contributed by atoms with Gasteiger partial charge in [-0.25, -0.2) is 14.6 Å². The van der Waals surface area contributed by atoms with Crippen molar-refractivity contribution in [3.63, 3.8) is 0 Å². The molecule has 0 spiro atoms. The van der Waals surface area contributed by atoms with Crippen LogP contribution in [-0.4, -0.2) is 30.2 Å². The number of thiazole rings is 1. The molecule has 0 fully saturated rings. The van der Waals surface area contributed by atoms with Crippen LogP contribution in [0.5, 0.6) is 0 Å². The van der Waals surface area contributed by atoms with E-state index in [-0.39, 0.29) is 5.56 Å². The van der Waals surface area contributed by atoms with Crippen molar-refractivity contribution in [2.45, 2.75) is 38.9 Å². The summed E-state index contributed by atoms with van der Waals surface area (Å²) in [5.41, 5.74) is 1.71. The Bertz CT molecular complexity index is 879. The van der Waals surface area contributed by atoms with Crippen molar-refractivity contribution in [3.05, 3.63) is 45.3 Å². The maximum atomic E-state index is 12.1. The number of hydrogen-bond acceptors (Lipinski definition) is 6. The van der Waals surface area contributed by atoms with Crippen LogP contribution in [0.15, 0.2) is 22.6 Å². The van der Waals surface area contributed by atoms with Crippen LogP contribution in [0.4, 0.5) is 0 Å². The van der Waals surface area contributed by atoms with Gasteiger partial charge in [0.05, 0.1) is 12.2 Å². The van der Waals surface area contributed by atoms with Crippen LogP contribution in [-0.2, 0) is 19.5 Å². The summed E-state index contributed by atoms with van der Waals surface area (Å²) in [6.45, 7) is 3.33. The number of nitrogens with one attached hydrogen (secondary N) is 1. The van der Waals surface area contributed by atoms with Gasteiger partial charge in [-0.3, -0.25) is 9.20 Å². The van der Waals surface area contributed by atoms with Crippen LogP contribution < -0.4 is 10.9 Å². The van der Waals surface area contributed by atoms with Crippen molar-refractivity contribution in [3.8, 4) is 0 Å². The molecule has 1 atom stereocenters. The van der Waals surface area contributed by atoms with E-state index in [0.29, 0.717) is 12.6 Å². The molecule has 0 saturated carbocycles. The largest absolute Gasteiger partial charge is 0.307 e. The molecule has 3 aromatic heterocycles. The maximum absolute atomic E-state index is 12.1. The molecule has 1 N–H and O–H groups in total. The predicted molar refractivity (Wildman–Crippen MR) is 83.0 cm³/mol. The Morgan fingerprint density at radius 3 is 3.32 bits per heavy atom. The van der Waals surface area contributed by atoms with Crippen molar-refractivity contribution in [2.75, 3.05) is 0 Å². The minimum absolute atomic E-state index is 0.0113. The Hall–Kier alpha value is -2.06. The Morgan fingerprint density at radius 2 is 2.41 bits per heavy atom. The summed E-state index contributed by atoms with van der Waals surface area (Å²) in [6, 6.07) is 1.95. The smallest absolute Gasteiger partial charge is 0.259 e. The summed E-state index contributed by atoms with van der Waals surface area (Å²) >= 11 is 1.50. The molecule has 1 aliphatic rings. The number of rotatable bonds is 3. The first kappa shape index (κ1) is 13.6. The number of aryl methyl sites for hydroxylation is 2. The molecule has 8 heteroatoms. The highest BCUT2D eigenvalue weighted by atomic mass is 32.1. The van der Waals surface area contributed by atoms with Crippen molar-refractivity contribution in [2.24, 2.45) is 0 Å². The molecular formula is C14H16N6OS. The lowest BCUT2D eigenvalue weighted by atomic mass is 10.1. The maximum Gasteiger partial charge on any atom is 0.259 e. The zero-order valence-electron chi connectivity index (χ0n) is 12.2. The van der Waals surface area contributed by atoms with E-state index in [2.05, 4.69) is 20.4 Å². The lowest BCUT2D eigenvalue weighted by Gasteiger charge is -2.23. The van der Waals surface area contributed by atoms with E-state index in [4.69, 9.17) is 0 Å². The third-order valence-corrected chi connectivity index (χ3v) is 4.95. The molecule has 0 aromatic carbocycles. The Labute approximate surface area is 130 Å². The highest BCUT2D eigenvalue weighted by Gasteiger charge is 2.19. The normalized spacial score (nSPS) is 17.8. The van der Waals surface area contributed by atoms with Crippen molar-refractivity contribution < 1.29 is 0 Å². The summed E-state index contributed by atoms with van der Waals surface area (Å²) in [5.74, 6) is 1.05. The summed E-state index contributed by atoms with van der Waals surface area (Å²) in [7, 11) is 0. The van der Waals surface area contributed by atoms with Crippen molar-refractivity contribution >= 4 is 16.3 Å². The van der Waals surface area contributed by atoms with E-state index in [9.17, 15) is 4.79 Å². The first-order valence-electron chi connectivity index (χ1n) is 7.27. The zero-order valence-corrected chi connectivity index (χ0v) is 13.0. The first-order valence-corrected chi connectivity index (χ1v) is 8.15. The molecule has 4 rings (SSSR count). The van der Waals surface area contributed by atoms with Crippen LogP contribution in [0, 0.1) is 6.92 Å². The SMILES string of the molecule is Cc1csc2nc(CN[C@@H]3CCc4ncnn4C3)cc(=O)n12. The van der Waals surface area contributed by atoms with E-state index in [0.717, 1.165) is 41.6 Å². The number of nitrogens with zero attached hydrogens (tertiary/aromatic N) is 5. The molecule has 114 valence electrons. The third kappa shape index (κ3) is 2.34. The molecule has 0 bridgehead atoms. The first-order chi connectivity index (χ1) is 10.7. The van der Waals surface area contributed by atoms with Gasteiger partial charge in [0.25, 0.3) is 5.56 Å². The van der Waals surface area contributed by atoms with Crippen LogP contribution in [0.25, 0.3) is 4.96 Å². The summed E-state index contributed by atoms with van der Waals surface area (Å²) < 4.78 is 3.59. The zero-order chi connectivity index (χ0) is 15.1. The highest BCUT2D eigenvalue weighted by Crippen LogP contribution is 2.13.